The van der Waals surface area contributed by atoms with Gasteiger partial charge in [0.15, 0.2) is 5.69 Å². The summed E-state index contributed by atoms with van der Waals surface area (Å²) in [7, 11) is 0. The third kappa shape index (κ3) is 2.38. The van der Waals surface area contributed by atoms with E-state index in [0.29, 0.717) is 11.5 Å². The van der Waals surface area contributed by atoms with E-state index in [2.05, 4.69) is 16.5 Å². The Kier molecular flexibility index (Phi) is 3.07. The van der Waals surface area contributed by atoms with Crippen molar-refractivity contribution >= 4 is 11.6 Å². The van der Waals surface area contributed by atoms with Crippen LogP contribution in [0.25, 0.3) is 0 Å². The molecule has 1 aliphatic carbocycles. The van der Waals surface area contributed by atoms with E-state index in [9.17, 15) is 4.79 Å². The van der Waals surface area contributed by atoms with Gasteiger partial charge in [-0.05, 0) is 49.8 Å². The van der Waals surface area contributed by atoms with Crippen LogP contribution >= 0.6 is 0 Å². The summed E-state index contributed by atoms with van der Waals surface area (Å²) in [6.45, 7) is 1.77. The minimum Gasteiger partial charge on any atom is -0.361 e. The highest BCUT2D eigenvalue weighted by Gasteiger charge is 2.16. The number of fused-ring (bicyclic) bond motifs is 1. The van der Waals surface area contributed by atoms with E-state index in [1.165, 1.54) is 24.0 Å². The van der Waals surface area contributed by atoms with Crippen molar-refractivity contribution < 1.29 is 9.32 Å². The van der Waals surface area contributed by atoms with Crippen LogP contribution in [0.1, 0.15) is 40.2 Å². The molecule has 3 rings (SSSR count). The Labute approximate surface area is 111 Å². The van der Waals surface area contributed by atoms with Gasteiger partial charge in [0.2, 0.25) is 0 Å². The van der Waals surface area contributed by atoms with Gasteiger partial charge in [0.05, 0.1) is 0 Å². The zero-order valence-electron chi connectivity index (χ0n) is 10.9. The Balaban J connectivity index is 1.85. The summed E-state index contributed by atoms with van der Waals surface area (Å²) in [5, 5.41) is 6.68. The molecular formula is C15H16N2O2. The number of aromatic nitrogens is 1. The largest absolute Gasteiger partial charge is 0.361 e. The van der Waals surface area contributed by atoms with Crippen LogP contribution in [0.3, 0.4) is 0 Å². The van der Waals surface area contributed by atoms with Crippen LogP contribution in [0.4, 0.5) is 5.69 Å². The zero-order chi connectivity index (χ0) is 13.2. The predicted molar refractivity (Wildman–Crippen MR) is 72.3 cm³/mol. The van der Waals surface area contributed by atoms with Crippen molar-refractivity contribution in [3.63, 3.8) is 0 Å². The Morgan fingerprint density at radius 2 is 2.16 bits per heavy atom. The van der Waals surface area contributed by atoms with Crippen LogP contribution in [0.2, 0.25) is 0 Å². The van der Waals surface area contributed by atoms with E-state index in [-0.39, 0.29) is 5.91 Å². The second-order valence-corrected chi connectivity index (χ2v) is 4.93. The van der Waals surface area contributed by atoms with Crippen molar-refractivity contribution in [2.24, 2.45) is 0 Å². The summed E-state index contributed by atoms with van der Waals surface area (Å²) < 4.78 is 4.93. The molecule has 0 spiro atoms. The van der Waals surface area contributed by atoms with Crippen LogP contribution in [-0.2, 0) is 12.8 Å². The van der Waals surface area contributed by atoms with Crippen molar-refractivity contribution in [1.82, 2.24) is 5.16 Å². The average Bonchev–Trinajstić information content (AvgIpc) is 2.86. The van der Waals surface area contributed by atoms with Crippen LogP contribution in [-0.4, -0.2) is 11.1 Å². The summed E-state index contributed by atoms with van der Waals surface area (Å²) in [4.78, 5) is 12.1. The summed E-state index contributed by atoms with van der Waals surface area (Å²) in [5.74, 6) is 0.427. The number of rotatable bonds is 2. The van der Waals surface area contributed by atoms with Gasteiger partial charge in [-0.2, -0.15) is 0 Å². The highest BCUT2D eigenvalue weighted by molar-refractivity contribution is 6.03. The molecule has 0 radical (unpaired) electrons. The van der Waals surface area contributed by atoms with E-state index in [1.807, 2.05) is 12.1 Å². The van der Waals surface area contributed by atoms with E-state index >= 15 is 0 Å². The predicted octanol–water partition coefficient (Wildman–Crippen LogP) is 3.11. The standard InChI is InChI=1S/C15H16N2O2/c1-10-9-14(17-19-10)15(18)16-13-8-4-6-11-5-2-3-7-12(11)13/h4,6,8-9H,2-3,5,7H2,1H3,(H,16,18). The molecule has 1 heterocycles. The molecule has 2 aromatic rings. The van der Waals surface area contributed by atoms with Crippen molar-refractivity contribution in [3.05, 3.63) is 46.8 Å². The number of benzene rings is 1. The summed E-state index contributed by atoms with van der Waals surface area (Å²) in [6.07, 6.45) is 4.54. The van der Waals surface area contributed by atoms with Gasteiger partial charge in [-0.3, -0.25) is 4.79 Å². The highest BCUT2D eigenvalue weighted by Crippen LogP contribution is 2.28. The minimum atomic E-state index is -0.212. The van der Waals surface area contributed by atoms with Crippen molar-refractivity contribution in [1.29, 1.82) is 0 Å². The summed E-state index contributed by atoms with van der Waals surface area (Å²) >= 11 is 0. The quantitative estimate of drug-likeness (QED) is 0.898. The smallest absolute Gasteiger partial charge is 0.277 e. The van der Waals surface area contributed by atoms with Gasteiger partial charge in [-0.25, -0.2) is 0 Å². The second kappa shape index (κ2) is 4.88. The number of anilines is 1. The number of amides is 1. The number of nitrogens with one attached hydrogen (secondary N) is 1. The van der Waals surface area contributed by atoms with E-state index in [1.54, 1.807) is 13.0 Å². The minimum absolute atomic E-state index is 0.212. The number of carbonyl (C=O) groups is 1. The Bertz CT molecular complexity index is 616. The van der Waals surface area contributed by atoms with Crippen LogP contribution in [0, 0.1) is 6.92 Å². The Morgan fingerprint density at radius 1 is 1.32 bits per heavy atom. The molecular weight excluding hydrogens is 240 g/mol. The molecule has 0 saturated heterocycles. The zero-order valence-corrected chi connectivity index (χ0v) is 10.9. The Morgan fingerprint density at radius 3 is 2.95 bits per heavy atom. The molecule has 1 N–H and O–H groups in total. The van der Waals surface area contributed by atoms with Gasteiger partial charge >= 0.3 is 0 Å². The number of aryl methyl sites for hydroxylation is 2. The maximum absolute atomic E-state index is 12.1. The monoisotopic (exact) mass is 256 g/mol. The maximum Gasteiger partial charge on any atom is 0.277 e. The lowest BCUT2D eigenvalue weighted by Crippen LogP contribution is -2.15. The molecule has 1 aliphatic rings. The van der Waals surface area contributed by atoms with Crippen LogP contribution in [0.15, 0.2) is 28.8 Å². The molecule has 0 bridgehead atoms. The fourth-order valence-corrected chi connectivity index (χ4v) is 2.56. The number of carbonyl (C=O) groups excluding carboxylic acids is 1. The number of nitrogens with zero attached hydrogens (tertiary/aromatic N) is 1. The second-order valence-electron chi connectivity index (χ2n) is 4.93. The first-order chi connectivity index (χ1) is 9.24. The SMILES string of the molecule is Cc1cc(C(=O)Nc2cccc3c2CCCC3)no1. The van der Waals surface area contributed by atoms with Gasteiger partial charge in [0, 0.05) is 11.8 Å². The molecule has 0 unspecified atom stereocenters. The van der Waals surface area contributed by atoms with E-state index in [0.717, 1.165) is 18.5 Å². The third-order valence-corrected chi connectivity index (χ3v) is 3.50. The lowest BCUT2D eigenvalue weighted by molar-refractivity contribution is 0.101. The van der Waals surface area contributed by atoms with Crippen LogP contribution < -0.4 is 5.32 Å². The topological polar surface area (TPSA) is 55.1 Å². The molecule has 19 heavy (non-hydrogen) atoms. The number of hydrogen-bond donors (Lipinski definition) is 1. The van der Waals surface area contributed by atoms with E-state index < -0.39 is 0 Å². The molecule has 0 aliphatic heterocycles. The molecule has 0 fully saturated rings. The first-order valence-corrected chi connectivity index (χ1v) is 6.59. The fourth-order valence-electron chi connectivity index (χ4n) is 2.56. The average molecular weight is 256 g/mol. The van der Waals surface area contributed by atoms with Gasteiger partial charge < -0.3 is 9.84 Å². The molecule has 1 amide bonds. The first-order valence-electron chi connectivity index (χ1n) is 6.59. The van der Waals surface area contributed by atoms with Crippen molar-refractivity contribution in [2.75, 3.05) is 5.32 Å². The van der Waals surface area contributed by atoms with Gasteiger partial charge in [0.25, 0.3) is 5.91 Å². The molecule has 98 valence electrons. The van der Waals surface area contributed by atoms with Crippen molar-refractivity contribution in [2.45, 2.75) is 32.6 Å². The highest BCUT2D eigenvalue weighted by atomic mass is 16.5. The van der Waals surface area contributed by atoms with Gasteiger partial charge in [0.1, 0.15) is 5.76 Å². The molecule has 4 nitrogen and oxygen atoms in total. The Hall–Kier alpha value is -2.10. The normalized spacial score (nSPS) is 13.9. The molecule has 4 heteroatoms. The third-order valence-electron chi connectivity index (χ3n) is 3.50. The summed E-state index contributed by atoms with van der Waals surface area (Å²) in [6, 6.07) is 7.73. The molecule has 0 atom stereocenters. The van der Waals surface area contributed by atoms with Gasteiger partial charge in [-0.1, -0.05) is 17.3 Å². The first kappa shape index (κ1) is 12.0. The van der Waals surface area contributed by atoms with E-state index in [4.69, 9.17) is 4.52 Å². The fraction of sp³-hybridized carbons (Fsp3) is 0.333. The lowest BCUT2D eigenvalue weighted by Gasteiger charge is -2.19. The number of hydrogen-bond acceptors (Lipinski definition) is 3. The lowest BCUT2D eigenvalue weighted by atomic mass is 9.90. The van der Waals surface area contributed by atoms with Crippen molar-refractivity contribution in [3.8, 4) is 0 Å². The maximum atomic E-state index is 12.1. The van der Waals surface area contributed by atoms with Gasteiger partial charge in [-0.15, -0.1) is 0 Å². The molecule has 0 saturated carbocycles. The molecule has 1 aromatic carbocycles. The summed E-state index contributed by atoms with van der Waals surface area (Å²) in [5.41, 5.74) is 3.84. The molecule has 1 aromatic heterocycles. The van der Waals surface area contributed by atoms with Crippen LogP contribution in [0.5, 0.6) is 0 Å².